The van der Waals surface area contributed by atoms with Crippen LogP contribution in [0.2, 0.25) is 0 Å². The lowest BCUT2D eigenvalue weighted by Gasteiger charge is -2.15. The van der Waals surface area contributed by atoms with Crippen LogP contribution in [0.3, 0.4) is 0 Å². The van der Waals surface area contributed by atoms with Crippen molar-refractivity contribution in [1.29, 1.82) is 0 Å². The van der Waals surface area contributed by atoms with Crippen LogP contribution in [-0.2, 0) is 0 Å². The Hall–Kier alpha value is -3.16. The third kappa shape index (κ3) is 3.18. The van der Waals surface area contributed by atoms with E-state index >= 15 is 0 Å². The van der Waals surface area contributed by atoms with E-state index in [1.807, 2.05) is 0 Å². The molecule has 0 radical (unpaired) electrons. The number of hydrogen-bond acceptors (Lipinski definition) is 4. The summed E-state index contributed by atoms with van der Waals surface area (Å²) in [7, 11) is 0. The summed E-state index contributed by atoms with van der Waals surface area (Å²) >= 11 is 0. The number of alkyl halides is 2. The van der Waals surface area contributed by atoms with E-state index in [1.165, 1.54) is 0 Å². The Morgan fingerprint density at radius 1 is 1.22 bits per heavy atom. The van der Waals surface area contributed by atoms with Crippen LogP contribution in [0.1, 0.15) is 35.6 Å². The van der Waals surface area contributed by atoms with Crippen molar-refractivity contribution >= 4 is 16.9 Å². The number of aromatic nitrogens is 2. The van der Waals surface area contributed by atoms with Gasteiger partial charge in [0.05, 0.1) is 11.0 Å². The summed E-state index contributed by atoms with van der Waals surface area (Å²) in [5, 5.41) is 2.77. The highest BCUT2D eigenvalue weighted by Crippen LogP contribution is 2.32. The molecular formula is C19H17F2N3O3. The van der Waals surface area contributed by atoms with E-state index < -0.39 is 12.5 Å². The molecule has 8 heteroatoms. The molecule has 0 aliphatic carbocycles. The smallest absolute Gasteiger partial charge is 0.320 e. The van der Waals surface area contributed by atoms with Gasteiger partial charge in [-0.3, -0.25) is 9.36 Å². The second-order valence-corrected chi connectivity index (χ2v) is 6.29. The van der Waals surface area contributed by atoms with Crippen LogP contribution in [0.5, 0.6) is 11.5 Å². The van der Waals surface area contributed by atoms with Gasteiger partial charge in [-0.1, -0.05) is 19.1 Å². The number of carbonyl (C=O) groups is 1. The third-order valence-electron chi connectivity index (χ3n) is 4.46. The van der Waals surface area contributed by atoms with Crippen molar-refractivity contribution in [2.75, 3.05) is 13.3 Å². The lowest BCUT2D eigenvalue weighted by Crippen LogP contribution is -2.28. The summed E-state index contributed by atoms with van der Waals surface area (Å²) in [4.78, 5) is 16.7. The van der Waals surface area contributed by atoms with Gasteiger partial charge >= 0.3 is 6.55 Å². The maximum absolute atomic E-state index is 13.6. The van der Waals surface area contributed by atoms with Crippen molar-refractivity contribution in [2.45, 2.75) is 19.4 Å². The third-order valence-corrected chi connectivity index (χ3v) is 4.46. The average Bonchev–Trinajstić information content (AvgIpc) is 3.29. The topological polar surface area (TPSA) is 65.4 Å². The standard InChI is InChI=1S/C19H17F2N3O3/c1-11(17-23-13-4-2-3-5-14(13)24(17)19(20)21)9-22-18(25)12-6-7-15-16(8-12)27-10-26-15/h2-8,11,19H,9-10H2,1H3,(H,22,25)/t11-/m1/s1. The van der Waals surface area contributed by atoms with Crippen molar-refractivity contribution in [3.05, 3.63) is 53.9 Å². The Morgan fingerprint density at radius 2 is 2.00 bits per heavy atom. The van der Waals surface area contributed by atoms with Crippen molar-refractivity contribution in [3.8, 4) is 11.5 Å². The van der Waals surface area contributed by atoms with Crippen LogP contribution in [0.25, 0.3) is 11.0 Å². The second kappa shape index (κ2) is 6.86. The van der Waals surface area contributed by atoms with Gasteiger partial charge in [-0.25, -0.2) is 4.98 Å². The van der Waals surface area contributed by atoms with E-state index in [-0.39, 0.29) is 25.1 Å². The van der Waals surface area contributed by atoms with E-state index in [0.29, 0.717) is 28.1 Å². The highest BCUT2D eigenvalue weighted by Gasteiger charge is 2.22. The van der Waals surface area contributed by atoms with Gasteiger partial charge in [-0.15, -0.1) is 0 Å². The number of rotatable bonds is 5. The van der Waals surface area contributed by atoms with Crippen molar-refractivity contribution in [1.82, 2.24) is 14.9 Å². The SMILES string of the molecule is C[C@H](CNC(=O)c1ccc2c(c1)OCO2)c1nc2ccccc2n1C(F)F. The molecule has 3 aromatic rings. The molecule has 140 valence electrons. The molecule has 1 N–H and O–H groups in total. The van der Waals surface area contributed by atoms with E-state index in [4.69, 9.17) is 9.47 Å². The molecule has 0 spiro atoms. The molecule has 6 nitrogen and oxygen atoms in total. The van der Waals surface area contributed by atoms with E-state index in [2.05, 4.69) is 10.3 Å². The first-order valence-corrected chi connectivity index (χ1v) is 8.47. The number of hydrogen-bond donors (Lipinski definition) is 1. The monoisotopic (exact) mass is 373 g/mol. The fourth-order valence-electron chi connectivity index (χ4n) is 3.09. The first kappa shape index (κ1) is 17.3. The van der Waals surface area contributed by atoms with Crippen LogP contribution in [0.4, 0.5) is 8.78 Å². The summed E-state index contributed by atoms with van der Waals surface area (Å²) < 4.78 is 38.5. The van der Waals surface area contributed by atoms with Gasteiger partial charge in [0.1, 0.15) is 5.82 Å². The first-order valence-electron chi connectivity index (χ1n) is 8.47. The van der Waals surface area contributed by atoms with Gasteiger partial charge in [0.2, 0.25) is 6.79 Å². The maximum atomic E-state index is 13.6. The van der Waals surface area contributed by atoms with Crippen molar-refractivity contribution in [2.24, 2.45) is 0 Å². The molecule has 1 aliphatic heterocycles. The molecule has 0 unspecified atom stereocenters. The number of ether oxygens (including phenoxy) is 2. The average molecular weight is 373 g/mol. The molecule has 0 fully saturated rings. The first-order chi connectivity index (χ1) is 13.0. The highest BCUT2D eigenvalue weighted by molar-refractivity contribution is 5.95. The quantitative estimate of drug-likeness (QED) is 0.741. The van der Waals surface area contributed by atoms with Crippen molar-refractivity contribution < 1.29 is 23.0 Å². The van der Waals surface area contributed by atoms with Crippen molar-refractivity contribution in [3.63, 3.8) is 0 Å². The number of nitrogens with zero attached hydrogens (tertiary/aromatic N) is 2. The van der Waals surface area contributed by atoms with Crippen LogP contribution in [0.15, 0.2) is 42.5 Å². The summed E-state index contributed by atoms with van der Waals surface area (Å²) in [5.74, 6) is 0.613. The Labute approximate surface area is 153 Å². The summed E-state index contributed by atoms with van der Waals surface area (Å²) in [5.41, 5.74) is 1.28. The Morgan fingerprint density at radius 3 is 2.81 bits per heavy atom. The fraction of sp³-hybridized carbons (Fsp3) is 0.263. The lowest BCUT2D eigenvalue weighted by molar-refractivity contribution is 0.0704. The number of amides is 1. The molecule has 1 amide bonds. The van der Waals surface area contributed by atoms with E-state index in [0.717, 1.165) is 4.57 Å². The zero-order valence-electron chi connectivity index (χ0n) is 14.5. The minimum absolute atomic E-state index is 0.126. The zero-order chi connectivity index (χ0) is 19.0. The minimum Gasteiger partial charge on any atom is -0.454 e. The van der Waals surface area contributed by atoms with Crippen LogP contribution in [-0.4, -0.2) is 28.8 Å². The molecule has 1 aliphatic rings. The number of para-hydroxylation sites is 2. The molecule has 0 saturated heterocycles. The number of imidazole rings is 1. The van der Waals surface area contributed by atoms with Gasteiger partial charge < -0.3 is 14.8 Å². The van der Waals surface area contributed by atoms with Gasteiger partial charge in [-0.2, -0.15) is 8.78 Å². The number of halogens is 2. The molecular weight excluding hydrogens is 356 g/mol. The number of fused-ring (bicyclic) bond motifs is 2. The summed E-state index contributed by atoms with van der Waals surface area (Å²) in [6, 6.07) is 11.6. The lowest BCUT2D eigenvalue weighted by atomic mass is 10.1. The molecule has 1 aromatic heterocycles. The predicted octanol–water partition coefficient (Wildman–Crippen LogP) is 3.69. The maximum Gasteiger partial charge on any atom is 0.320 e. The van der Waals surface area contributed by atoms with Gasteiger partial charge in [0.15, 0.2) is 11.5 Å². The second-order valence-electron chi connectivity index (χ2n) is 6.29. The Bertz CT molecular complexity index is 1000. The summed E-state index contributed by atoms with van der Waals surface area (Å²) in [6.07, 6.45) is 0. The molecule has 0 bridgehead atoms. The number of benzene rings is 2. The van der Waals surface area contributed by atoms with E-state index in [9.17, 15) is 13.6 Å². The molecule has 2 aromatic carbocycles. The molecule has 27 heavy (non-hydrogen) atoms. The van der Waals surface area contributed by atoms with Gasteiger partial charge in [0.25, 0.3) is 5.91 Å². The largest absolute Gasteiger partial charge is 0.454 e. The highest BCUT2D eigenvalue weighted by atomic mass is 19.3. The predicted molar refractivity (Wildman–Crippen MR) is 94.3 cm³/mol. The van der Waals surface area contributed by atoms with Crippen LogP contribution in [0, 0.1) is 0 Å². The molecule has 2 heterocycles. The van der Waals surface area contributed by atoms with Crippen LogP contribution < -0.4 is 14.8 Å². The molecule has 1 atom stereocenters. The molecule has 0 saturated carbocycles. The number of nitrogens with one attached hydrogen (secondary N) is 1. The normalized spacial score (nSPS) is 13.9. The zero-order valence-corrected chi connectivity index (χ0v) is 14.5. The number of carbonyl (C=O) groups excluding carboxylic acids is 1. The Balaban J connectivity index is 1.51. The minimum atomic E-state index is -2.71. The van der Waals surface area contributed by atoms with Gasteiger partial charge in [-0.05, 0) is 30.3 Å². The van der Waals surface area contributed by atoms with Gasteiger partial charge in [0, 0.05) is 18.0 Å². The molecule has 4 rings (SSSR count). The van der Waals surface area contributed by atoms with Crippen LogP contribution >= 0.6 is 0 Å². The fourth-order valence-corrected chi connectivity index (χ4v) is 3.09. The van der Waals surface area contributed by atoms with E-state index in [1.54, 1.807) is 49.4 Å². The Kier molecular flexibility index (Phi) is 4.39. The summed E-state index contributed by atoms with van der Waals surface area (Å²) in [6.45, 7) is -0.663.